The van der Waals surface area contributed by atoms with E-state index < -0.39 is 0 Å². The van der Waals surface area contributed by atoms with E-state index in [1.165, 1.54) is 5.56 Å². The quantitative estimate of drug-likeness (QED) is 0.282. The lowest BCUT2D eigenvalue weighted by molar-refractivity contribution is -0.0839. The smallest absolute Gasteiger partial charge is 0.328 e. The Labute approximate surface area is 228 Å². The number of hydrogen-bond acceptors (Lipinski definition) is 5. The van der Waals surface area contributed by atoms with Crippen molar-refractivity contribution in [2.24, 2.45) is 7.05 Å². The van der Waals surface area contributed by atoms with E-state index in [1.807, 2.05) is 60.7 Å². The summed E-state index contributed by atoms with van der Waals surface area (Å²) in [4.78, 5) is 15.0. The largest absolute Gasteiger partial charge is 0.492 e. The van der Waals surface area contributed by atoms with Crippen LogP contribution in [0.2, 0.25) is 5.02 Å². The van der Waals surface area contributed by atoms with Crippen LogP contribution in [0.4, 0.5) is 0 Å². The van der Waals surface area contributed by atoms with Crippen LogP contribution in [0.3, 0.4) is 0 Å². The number of halogens is 1. The van der Waals surface area contributed by atoms with E-state index in [0.717, 1.165) is 55.0 Å². The molecule has 5 rings (SSSR count). The number of nitrogens with zero attached hydrogens (tertiary/aromatic N) is 3. The van der Waals surface area contributed by atoms with Gasteiger partial charge in [0.15, 0.2) is 0 Å². The van der Waals surface area contributed by atoms with Gasteiger partial charge in [-0.2, -0.15) is 0 Å². The first kappa shape index (κ1) is 26.4. The lowest BCUT2D eigenvalue weighted by atomic mass is 9.91. The minimum absolute atomic E-state index is 0.0276. The van der Waals surface area contributed by atoms with Gasteiger partial charge >= 0.3 is 5.69 Å². The number of para-hydroxylation sites is 2. The number of hydrogen-bond donors (Lipinski definition) is 0. The van der Waals surface area contributed by atoms with Crippen LogP contribution < -0.4 is 15.2 Å². The normalized spacial score (nSPS) is 15.6. The number of ether oxygens (including phenoxy) is 3. The fourth-order valence-electron chi connectivity index (χ4n) is 5.08. The van der Waals surface area contributed by atoms with Gasteiger partial charge in [0.1, 0.15) is 30.3 Å². The number of rotatable bonds is 10. The topological polar surface area (TPSA) is 57.9 Å². The molecule has 200 valence electrons. The number of methoxy groups -OCH3 is 1. The van der Waals surface area contributed by atoms with Gasteiger partial charge in [-0.25, -0.2) is 4.79 Å². The summed E-state index contributed by atoms with van der Waals surface area (Å²) in [6.45, 7) is 4.18. The highest BCUT2D eigenvalue weighted by atomic mass is 35.5. The van der Waals surface area contributed by atoms with Gasteiger partial charge in [-0.3, -0.25) is 14.0 Å². The zero-order valence-electron chi connectivity index (χ0n) is 21.9. The van der Waals surface area contributed by atoms with Crippen LogP contribution in [0.15, 0.2) is 77.6 Å². The Morgan fingerprint density at radius 3 is 2.34 bits per heavy atom. The maximum atomic E-state index is 12.6. The summed E-state index contributed by atoms with van der Waals surface area (Å²) < 4.78 is 21.3. The Hall–Kier alpha value is -3.26. The van der Waals surface area contributed by atoms with Crippen molar-refractivity contribution in [1.29, 1.82) is 0 Å². The molecule has 0 bridgehead atoms. The molecule has 0 unspecified atom stereocenters. The molecule has 7 nitrogen and oxygen atoms in total. The summed E-state index contributed by atoms with van der Waals surface area (Å²) >= 11 is 6.08. The first-order chi connectivity index (χ1) is 18.5. The van der Waals surface area contributed by atoms with Crippen LogP contribution in [0, 0.1) is 0 Å². The van der Waals surface area contributed by atoms with E-state index in [2.05, 4.69) is 17.0 Å². The summed E-state index contributed by atoms with van der Waals surface area (Å²) in [6.07, 6.45) is 1.80. The molecule has 0 aliphatic carbocycles. The Kier molecular flexibility index (Phi) is 8.07. The third kappa shape index (κ3) is 5.90. The van der Waals surface area contributed by atoms with E-state index >= 15 is 0 Å². The Morgan fingerprint density at radius 2 is 1.63 bits per heavy atom. The van der Waals surface area contributed by atoms with Gasteiger partial charge < -0.3 is 14.2 Å². The highest BCUT2D eigenvalue weighted by Gasteiger charge is 2.35. The van der Waals surface area contributed by atoms with Crippen LogP contribution in [-0.4, -0.2) is 53.0 Å². The predicted octanol–water partition coefficient (Wildman–Crippen LogP) is 5.13. The summed E-state index contributed by atoms with van der Waals surface area (Å²) in [5, 5.41) is 0.667. The van der Waals surface area contributed by atoms with Crippen molar-refractivity contribution in [2.75, 3.05) is 33.4 Å². The van der Waals surface area contributed by atoms with E-state index in [4.69, 9.17) is 25.8 Å². The second kappa shape index (κ2) is 11.6. The first-order valence-corrected chi connectivity index (χ1v) is 13.4. The molecule has 0 atom stereocenters. The fourth-order valence-corrected chi connectivity index (χ4v) is 5.26. The maximum Gasteiger partial charge on any atom is 0.328 e. The molecule has 1 aliphatic heterocycles. The summed E-state index contributed by atoms with van der Waals surface area (Å²) in [7, 11) is 3.57. The predicted molar refractivity (Wildman–Crippen MR) is 150 cm³/mol. The SMILES string of the molecule is COC1(COc2cccc(Cl)c2)CCN(Cc2ccc(OCCn3c(=O)n(C)c4ccccc43)cc2)CC1. The molecule has 0 amide bonds. The number of likely N-dealkylation sites (tertiary alicyclic amines) is 1. The van der Waals surface area contributed by atoms with Crippen LogP contribution in [0.1, 0.15) is 18.4 Å². The summed E-state index contributed by atoms with van der Waals surface area (Å²) in [6, 6.07) is 23.5. The minimum Gasteiger partial charge on any atom is -0.492 e. The Bertz CT molecular complexity index is 1420. The third-order valence-electron chi connectivity index (χ3n) is 7.46. The number of piperidine rings is 1. The molecule has 4 aromatic rings. The summed E-state index contributed by atoms with van der Waals surface area (Å²) in [5.74, 6) is 1.57. The Balaban J connectivity index is 1.10. The van der Waals surface area contributed by atoms with Crippen molar-refractivity contribution in [2.45, 2.75) is 31.5 Å². The van der Waals surface area contributed by atoms with Gasteiger partial charge in [0.05, 0.1) is 17.6 Å². The van der Waals surface area contributed by atoms with E-state index in [1.54, 1.807) is 23.3 Å². The molecule has 38 heavy (non-hydrogen) atoms. The molecule has 3 aromatic carbocycles. The van der Waals surface area contributed by atoms with Crippen molar-refractivity contribution in [3.05, 3.63) is 93.9 Å². The molecule has 0 spiro atoms. The zero-order valence-corrected chi connectivity index (χ0v) is 22.7. The van der Waals surface area contributed by atoms with Crippen LogP contribution >= 0.6 is 11.6 Å². The van der Waals surface area contributed by atoms with Gasteiger partial charge in [-0.1, -0.05) is 41.9 Å². The third-order valence-corrected chi connectivity index (χ3v) is 7.70. The molecule has 1 fully saturated rings. The molecular formula is C30H34ClN3O4. The average molecular weight is 536 g/mol. The van der Waals surface area contributed by atoms with Crippen molar-refractivity contribution in [3.8, 4) is 11.5 Å². The Morgan fingerprint density at radius 1 is 0.895 bits per heavy atom. The molecule has 0 N–H and O–H groups in total. The molecule has 0 radical (unpaired) electrons. The number of benzene rings is 3. The van der Waals surface area contributed by atoms with Crippen molar-refractivity contribution in [3.63, 3.8) is 0 Å². The minimum atomic E-state index is -0.289. The highest BCUT2D eigenvalue weighted by molar-refractivity contribution is 6.30. The van der Waals surface area contributed by atoms with Crippen LogP contribution in [-0.2, 0) is 24.9 Å². The lowest BCUT2D eigenvalue weighted by Gasteiger charge is -2.40. The summed E-state index contributed by atoms with van der Waals surface area (Å²) in [5.41, 5.74) is 2.77. The molecule has 8 heteroatoms. The second-order valence-corrected chi connectivity index (χ2v) is 10.3. The van der Waals surface area contributed by atoms with E-state index in [-0.39, 0.29) is 11.3 Å². The van der Waals surface area contributed by atoms with Gasteiger partial charge in [0, 0.05) is 38.8 Å². The van der Waals surface area contributed by atoms with Gasteiger partial charge in [0.2, 0.25) is 0 Å². The number of fused-ring (bicyclic) bond motifs is 1. The molecular weight excluding hydrogens is 502 g/mol. The second-order valence-electron chi connectivity index (χ2n) is 9.88. The standard InChI is InChI=1S/C30H34ClN3O4/c1-32-27-8-3-4-9-28(27)34(29(32)35)18-19-37-25-12-10-23(11-13-25)21-33-16-14-30(36-2,15-17-33)22-38-26-7-5-6-24(31)20-26/h3-13,20H,14-19,21-22H2,1-2H3. The molecule has 1 aliphatic rings. The number of aryl methyl sites for hydroxylation is 1. The molecule has 2 heterocycles. The molecule has 0 saturated carbocycles. The number of aromatic nitrogens is 2. The monoisotopic (exact) mass is 535 g/mol. The van der Waals surface area contributed by atoms with Gasteiger partial charge in [-0.15, -0.1) is 0 Å². The van der Waals surface area contributed by atoms with Crippen molar-refractivity contribution >= 4 is 22.6 Å². The van der Waals surface area contributed by atoms with Crippen molar-refractivity contribution in [1.82, 2.24) is 14.0 Å². The maximum absolute atomic E-state index is 12.6. The van der Waals surface area contributed by atoms with E-state index in [0.29, 0.717) is 24.8 Å². The highest BCUT2D eigenvalue weighted by Crippen LogP contribution is 2.29. The van der Waals surface area contributed by atoms with Crippen LogP contribution in [0.5, 0.6) is 11.5 Å². The first-order valence-electron chi connectivity index (χ1n) is 13.0. The number of imidazole rings is 1. The van der Waals surface area contributed by atoms with E-state index in [9.17, 15) is 4.79 Å². The fraction of sp³-hybridized carbons (Fsp3) is 0.367. The molecule has 1 aromatic heterocycles. The molecule has 1 saturated heterocycles. The average Bonchev–Trinajstić information content (AvgIpc) is 3.19. The lowest BCUT2D eigenvalue weighted by Crippen LogP contribution is -2.48. The van der Waals surface area contributed by atoms with Gasteiger partial charge in [0.25, 0.3) is 0 Å². The van der Waals surface area contributed by atoms with Crippen LogP contribution in [0.25, 0.3) is 11.0 Å². The zero-order chi connectivity index (χ0) is 26.5. The van der Waals surface area contributed by atoms with Crippen molar-refractivity contribution < 1.29 is 14.2 Å². The van der Waals surface area contributed by atoms with Gasteiger partial charge in [-0.05, 0) is 60.9 Å².